The van der Waals surface area contributed by atoms with Crippen molar-refractivity contribution in [3.05, 3.63) is 45.1 Å². The summed E-state index contributed by atoms with van der Waals surface area (Å²) >= 11 is 4.67. The van der Waals surface area contributed by atoms with Gasteiger partial charge < -0.3 is 4.74 Å². The van der Waals surface area contributed by atoms with Crippen molar-refractivity contribution in [1.29, 1.82) is 0 Å². The Morgan fingerprint density at radius 2 is 2.18 bits per heavy atom. The number of para-hydroxylation sites is 1. The number of hydrogen-bond acceptors (Lipinski definition) is 5. The van der Waals surface area contributed by atoms with Gasteiger partial charge in [-0.1, -0.05) is 12.1 Å². The Balaban J connectivity index is 1.82. The zero-order valence-electron chi connectivity index (χ0n) is 11.5. The number of methoxy groups -OCH3 is 1. The maximum absolute atomic E-state index is 12.1. The van der Waals surface area contributed by atoms with Crippen molar-refractivity contribution in [3.8, 4) is 17.1 Å². The SMILES string of the molecule is COc1ccccc1-c1nc(NC(=O)c2sccc2Br)n[nH]1. The van der Waals surface area contributed by atoms with Crippen molar-refractivity contribution in [2.75, 3.05) is 12.4 Å². The van der Waals surface area contributed by atoms with Crippen LogP contribution in [0, 0.1) is 0 Å². The zero-order valence-corrected chi connectivity index (χ0v) is 13.9. The summed E-state index contributed by atoms with van der Waals surface area (Å²) in [5, 5.41) is 11.3. The van der Waals surface area contributed by atoms with E-state index in [1.807, 2.05) is 35.7 Å². The minimum atomic E-state index is -0.257. The molecule has 0 spiro atoms. The fourth-order valence-electron chi connectivity index (χ4n) is 1.89. The molecule has 0 bridgehead atoms. The number of aromatic amines is 1. The van der Waals surface area contributed by atoms with Crippen molar-refractivity contribution >= 4 is 39.1 Å². The summed E-state index contributed by atoms with van der Waals surface area (Å²) < 4.78 is 6.03. The molecular weight excluding hydrogens is 368 g/mol. The number of carbonyl (C=O) groups excluding carboxylic acids is 1. The molecule has 112 valence electrons. The average Bonchev–Trinajstić information content (AvgIpc) is 3.16. The Bertz CT molecular complexity index is 815. The summed E-state index contributed by atoms with van der Waals surface area (Å²) in [5.41, 5.74) is 0.773. The molecule has 0 radical (unpaired) electrons. The second kappa shape index (κ2) is 6.29. The molecule has 0 saturated heterocycles. The van der Waals surface area contributed by atoms with Crippen LogP contribution in [0.1, 0.15) is 9.67 Å². The van der Waals surface area contributed by atoms with Gasteiger partial charge >= 0.3 is 0 Å². The van der Waals surface area contributed by atoms with E-state index in [0.29, 0.717) is 16.5 Å². The topological polar surface area (TPSA) is 79.9 Å². The van der Waals surface area contributed by atoms with E-state index in [0.717, 1.165) is 10.0 Å². The maximum Gasteiger partial charge on any atom is 0.269 e. The molecule has 8 heteroatoms. The van der Waals surface area contributed by atoms with Crippen LogP contribution in [0.2, 0.25) is 0 Å². The van der Waals surface area contributed by atoms with Gasteiger partial charge in [-0.25, -0.2) is 0 Å². The lowest BCUT2D eigenvalue weighted by Gasteiger charge is -2.04. The molecule has 0 fully saturated rings. The van der Waals surface area contributed by atoms with Gasteiger partial charge in [0.2, 0.25) is 5.95 Å². The standard InChI is InChI=1S/C14H11BrN4O2S/c1-21-10-5-3-2-4-8(10)12-16-14(19-18-12)17-13(20)11-9(15)6-7-22-11/h2-7H,1H3,(H2,16,17,18,19,20). The van der Waals surface area contributed by atoms with Crippen molar-refractivity contribution < 1.29 is 9.53 Å². The number of nitrogens with one attached hydrogen (secondary N) is 2. The number of amides is 1. The van der Waals surface area contributed by atoms with Crippen molar-refractivity contribution in [2.45, 2.75) is 0 Å². The fourth-order valence-corrected chi connectivity index (χ4v) is 3.34. The highest BCUT2D eigenvalue weighted by Gasteiger charge is 2.15. The lowest BCUT2D eigenvalue weighted by atomic mass is 10.2. The van der Waals surface area contributed by atoms with Gasteiger partial charge in [-0.3, -0.25) is 15.2 Å². The maximum atomic E-state index is 12.1. The highest BCUT2D eigenvalue weighted by molar-refractivity contribution is 9.10. The number of rotatable bonds is 4. The quantitative estimate of drug-likeness (QED) is 0.727. The number of carbonyl (C=O) groups is 1. The van der Waals surface area contributed by atoms with Crippen LogP contribution in [-0.2, 0) is 0 Å². The summed E-state index contributed by atoms with van der Waals surface area (Å²) in [4.78, 5) is 17.0. The van der Waals surface area contributed by atoms with Crippen LogP contribution in [0.25, 0.3) is 11.4 Å². The molecule has 1 amide bonds. The van der Waals surface area contributed by atoms with Crippen LogP contribution in [0.4, 0.5) is 5.95 Å². The third-order valence-corrected chi connectivity index (χ3v) is 4.73. The molecule has 0 saturated carbocycles. The van der Waals surface area contributed by atoms with Crippen molar-refractivity contribution in [3.63, 3.8) is 0 Å². The number of halogens is 1. The molecule has 0 aliphatic rings. The molecule has 0 unspecified atom stereocenters. The molecule has 2 aromatic heterocycles. The van der Waals surface area contributed by atoms with Gasteiger partial charge in [0.05, 0.1) is 12.7 Å². The van der Waals surface area contributed by atoms with Crippen LogP contribution in [0.5, 0.6) is 5.75 Å². The molecule has 2 N–H and O–H groups in total. The van der Waals surface area contributed by atoms with Crippen LogP contribution in [0.3, 0.4) is 0 Å². The number of ether oxygens (including phenoxy) is 1. The Kier molecular flexibility index (Phi) is 4.21. The predicted octanol–water partition coefficient (Wildman–Crippen LogP) is 3.56. The Morgan fingerprint density at radius 3 is 2.91 bits per heavy atom. The van der Waals surface area contributed by atoms with E-state index < -0.39 is 0 Å². The van der Waals surface area contributed by atoms with E-state index >= 15 is 0 Å². The van der Waals surface area contributed by atoms with Gasteiger partial charge in [0.1, 0.15) is 10.6 Å². The largest absolute Gasteiger partial charge is 0.496 e. The number of nitrogens with zero attached hydrogens (tertiary/aromatic N) is 2. The predicted molar refractivity (Wildman–Crippen MR) is 88.3 cm³/mol. The number of aromatic nitrogens is 3. The molecule has 3 aromatic rings. The first kappa shape index (κ1) is 14.7. The summed E-state index contributed by atoms with van der Waals surface area (Å²) in [6, 6.07) is 9.26. The summed E-state index contributed by atoms with van der Waals surface area (Å²) in [7, 11) is 1.59. The number of benzene rings is 1. The van der Waals surface area contributed by atoms with Crippen molar-refractivity contribution in [1.82, 2.24) is 15.2 Å². The van der Waals surface area contributed by atoms with E-state index in [9.17, 15) is 4.79 Å². The molecule has 0 aliphatic heterocycles. The second-order valence-corrected chi connectivity index (χ2v) is 6.03. The summed E-state index contributed by atoms with van der Waals surface area (Å²) in [6.07, 6.45) is 0. The van der Waals surface area contributed by atoms with Crippen LogP contribution in [-0.4, -0.2) is 28.2 Å². The Labute approximate surface area is 138 Å². The monoisotopic (exact) mass is 378 g/mol. The van der Waals surface area contributed by atoms with Crippen LogP contribution >= 0.6 is 27.3 Å². The number of H-pyrrole nitrogens is 1. The first-order valence-electron chi connectivity index (χ1n) is 6.29. The normalized spacial score (nSPS) is 10.5. The number of hydrogen-bond donors (Lipinski definition) is 2. The fraction of sp³-hybridized carbons (Fsp3) is 0.0714. The van der Waals surface area contributed by atoms with Gasteiger partial charge in [-0.15, -0.1) is 16.4 Å². The third-order valence-electron chi connectivity index (χ3n) is 2.90. The molecule has 1 aromatic carbocycles. The minimum Gasteiger partial charge on any atom is -0.496 e. The molecule has 0 aliphatic carbocycles. The molecular formula is C14H11BrN4O2S. The highest BCUT2D eigenvalue weighted by Crippen LogP contribution is 2.27. The Hall–Kier alpha value is -2.19. The smallest absolute Gasteiger partial charge is 0.269 e. The molecule has 2 heterocycles. The van der Waals surface area contributed by atoms with Crippen LogP contribution < -0.4 is 10.1 Å². The molecule has 22 heavy (non-hydrogen) atoms. The second-order valence-electron chi connectivity index (χ2n) is 4.26. The van der Waals surface area contributed by atoms with E-state index in [-0.39, 0.29) is 11.9 Å². The van der Waals surface area contributed by atoms with E-state index in [2.05, 4.69) is 36.4 Å². The Morgan fingerprint density at radius 1 is 1.36 bits per heavy atom. The highest BCUT2D eigenvalue weighted by atomic mass is 79.9. The van der Waals surface area contributed by atoms with E-state index in [1.54, 1.807) is 7.11 Å². The summed E-state index contributed by atoms with van der Waals surface area (Å²) in [6.45, 7) is 0. The lowest BCUT2D eigenvalue weighted by molar-refractivity contribution is 0.102. The summed E-state index contributed by atoms with van der Waals surface area (Å²) in [5.74, 6) is 1.16. The van der Waals surface area contributed by atoms with Gasteiger partial charge in [0, 0.05) is 4.47 Å². The first-order chi connectivity index (χ1) is 10.7. The van der Waals surface area contributed by atoms with Crippen LogP contribution in [0.15, 0.2) is 40.2 Å². The van der Waals surface area contributed by atoms with Crippen molar-refractivity contribution in [2.24, 2.45) is 0 Å². The number of thiophene rings is 1. The van der Waals surface area contributed by atoms with Gasteiger partial charge in [-0.05, 0) is 39.5 Å². The number of anilines is 1. The average molecular weight is 379 g/mol. The van der Waals surface area contributed by atoms with Gasteiger partial charge in [0.25, 0.3) is 5.91 Å². The van der Waals surface area contributed by atoms with Gasteiger partial charge in [0.15, 0.2) is 5.82 Å². The van der Waals surface area contributed by atoms with Gasteiger partial charge in [-0.2, -0.15) is 4.98 Å². The van der Waals surface area contributed by atoms with E-state index in [1.165, 1.54) is 11.3 Å². The lowest BCUT2D eigenvalue weighted by Crippen LogP contribution is -2.11. The minimum absolute atomic E-state index is 0.214. The molecule has 3 rings (SSSR count). The molecule has 0 atom stereocenters. The molecule has 6 nitrogen and oxygen atoms in total. The zero-order chi connectivity index (χ0) is 15.5. The third kappa shape index (κ3) is 2.88. The van der Waals surface area contributed by atoms with E-state index in [4.69, 9.17) is 4.74 Å². The first-order valence-corrected chi connectivity index (χ1v) is 7.96.